The van der Waals surface area contributed by atoms with Gasteiger partial charge in [-0.1, -0.05) is 41.1 Å². The summed E-state index contributed by atoms with van der Waals surface area (Å²) in [5.74, 6) is 0. The van der Waals surface area contributed by atoms with Gasteiger partial charge in [-0.25, -0.2) is 4.79 Å². The molecule has 4 nitrogen and oxygen atoms in total. The standard InChI is InChI=1S/C21H20BrN3O/c1-2-18-20-8-5-13-24(20)19-7-4-3-6-15(19)14-25(18)21(26)23-17-11-9-16(22)10-12-17/h3-13,18H,2,14H2,1H3,(H,23,26)/t18-/m0/s1. The van der Waals surface area contributed by atoms with Gasteiger partial charge in [0.05, 0.1) is 18.3 Å². The number of nitrogens with zero attached hydrogens (tertiary/aromatic N) is 2. The first kappa shape index (κ1) is 16.9. The summed E-state index contributed by atoms with van der Waals surface area (Å²) in [6, 6.07) is 20.0. The largest absolute Gasteiger partial charge is 0.322 e. The molecule has 5 heteroatoms. The van der Waals surface area contributed by atoms with E-state index in [2.05, 4.69) is 57.1 Å². The SMILES string of the molecule is CC[C@H]1c2cccn2-c2ccccc2CN1C(=O)Nc1ccc(Br)cc1. The number of rotatable bonds is 2. The Morgan fingerprint density at radius 3 is 2.65 bits per heavy atom. The zero-order chi connectivity index (χ0) is 18.1. The Hall–Kier alpha value is -2.53. The smallest absolute Gasteiger partial charge is 0.318 e. The molecule has 0 fully saturated rings. The minimum Gasteiger partial charge on any atom is -0.318 e. The molecule has 0 aliphatic carbocycles. The number of anilines is 1. The van der Waals surface area contributed by atoms with E-state index in [1.165, 1.54) is 0 Å². The fourth-order valence-electron chi connectivity index (χ4n) is 3.59. The van der Waals surface area contributed by atoms with Crippen LogP contribution in [0.4, 0.5) is 10.5 Å². The van der Waals surface area contributed by atoms with Crippen molar-refractivity contribution < 1.29 is 4.79 Å². The van der Waals surface area contributed by atoms with Crippen LogP contribution in [0.15, 0.2) is 71.3 Å². The van der Waals surface area contributed by atoms with Gasteiger partial charge in [-0.3, -0.25) is 0 Å². The first-order chi connectivity index (χ1) is 12.7. The molecule has 0 saturated heterocycles. The lowest BCUT2D eigenvalue weighted by Gasteiger charge is -2.29. The molecule has 2 amide bonds. The van der Waals surface area contributed by atoms with Crippen LogP contribution in [-0.2, 0) is 6.54 Å². The number of amides is 2. The molecule has 1 aliphatic rings. The number of hydrogen-bond acceptors (Lipinski definition) is 1. The molecular weight excluding hydrogens is 390 g/mol. The number of carbonyl (C=O) groups excluding carboxylic acids is 1. The Balaban J connectivity index is 1.71. The molecule has 3 aromatic rings. The number of carbonyl (C=O) groups is 1. The third-order valence-electron chi connectivity index (χ3n) is 4.83. The molecule has 0 unspecified atom stereocenters. The number of nitrogens with one attached hydrogen (secondary N) is 1. The van der Waals surface area contributed by atoms with E-state index in [0.29, 0.717) is 6.54 Å². The molecule has 0 spiro atoms. The molecule has 1 aromatic heterocycles. The summed E-state index contributed by atoms with van der Waals surface area (Å²) >= 11 is 3.43. The molecule has 0 bridgehead atoms. The second-order valence-corrected chi connectivity index (χ2v) is 7.34. The van der Waals surface area contributed by atoms with Crippen LogP contribution in [0.5, 0.6) is 0 Å². The van der Waals surface area contributed by atoms with Crippen molar-refractivity contribution in [3.63, 3.8) is 0 Å². The number of aromatic nitrogens is 1. The quantitative estimate of drug-likeness (QED) is 0.575. The van der Waals surface area contributed by atoms with Crippen LogP contribution in [-0.4, -0.2) is 15.5 Å². The van der Waals surface area contributed by atoms with Gasteiger partial charge in [-0.2, -0.15) is 0 Å². The van der Waals surface area contributed by atoms with Crippen LogP contribution in [0, 0.1) is 0 Å². The zero-order valence-corrected chi connectivity index (χ0v) is 16.1. The lowest BCUT2D eigenvalue weighted by Crippen LogP contribution is -2.37. The van der Waals surface area contributed by atoms with E-state index in [0.717, 1.165) is 33.5 Å². The molecule has 0 radical (unpaired) electrons. The van der Waals surface area contributed by atoms with E-state index in [9.17, 15) is 4.79 Å². The molecule has 2 aromatic carbocycles. The van der Waals surface area contributed by atoms with Crippen molar-refractivity contribution in [2.75, 3.05) is 5.32 Å². The Bertz CT molecular complexity index is 932. The Labute approximate surface area is 161 Å². The van der Waals surface area contributed by atoms with Crippen molar-refractivity contribution in [3.05, 3.63) is 82.6 Å². The summed E-state index contributed by atoms with van der Waals surface area (Å²) in [6.45, 7) is 2.70. The highest BCUT2D eigenvalue weighted by molar-refractivity contribution is 9.10. The van der Waals surface area contributed by atoms with E-state index in [4.69, 9.17) is 0 Å². The zero-order valence-electron chi connectivity index (χ0n) is 14.5. The molecule has 1 atom stereocenters. The Kier molecular flexibility index (Phi) is 4.55. The van der Waals surface area contributed by atoms with Crippen LogP contribution in [0.25, 0.3) is 5.69 Å². The molecule has 1 N–H and O–H groups in total. The molecule has 4 rings (SSSR count). The van der Waals surface area contributed by atoms with Gasteiger partial charge in [0, 0.05) is 22.1 Å². The number of urea groups is 1. The first-order valence-corrected chi connectivity index (χ1v) is 9.55. The summed E-state index contributed by atoms with van der Waals surface area (Å²) in [5.41, 5.74) is 4.22. The Morgan fingerprint density at radius 1 is 1.12 bits per heavy atom. The van der Waals surface area contributed by atoms with Crippen LogP contribution in [0.2, 0.25) is 0 Å². The lowest BCUT2D eigenvalue weighted by molar-refractivity contribution is 0.181. The van der Waals surface area contributed by atoms with Gasteiger partial charge >= 0.3 is 6.03 Å². The molecule has 0 saturated carbocycles. The van der Waals surface area contributed by atoms with Crippen LogP contribution in [0.1, 0.15) is 30.6 Å². The number of hydrogen-bond donors (Lipinski definition) is 1. The van der Waals surface area contributed by atoms with Gasteiger partial charge in [-0.05, 0) is 54.4 Å². The minimum absolute atomic E-state index is 0.0212. The van der Waals surface area contributed by atoms with Crippen LogP contribution >= 0.6 is 15.9 Å². The predicted octanol–water partition coefficient (Wildman–Crippen LogP) is 5.74. The van der Waals surface area contributed by atoms with Crippen molar-refractivity contribution in [3.8, 4) is 5.69 Å². The average Bonchev–Trinajstić information content (AvgIpc) is 3.08. The summed E-state index contributed by atoms with van der Waals surface area (Å²) in [7, 11) is 0. The number of benzene rings is 2. The summed E-state index contributed by atoms with van der Waals surface area (Å²) in [5, 5.41) is 3.04. The maximum Gasteiger partial charge on any atom is 0.322 e. The maximum atomic E-state index is 13.1. The average molecular weight is 410 g/mol. The third kappa shape index (κ3) is 3.03. The monoisotopic (exact) mass is 409 g/mol. The number of halogens is 1. The van der Waals surface area contributed by atoms with Gasteiger partial charge in [-0.15, -0.1) is 0 Å². The van der Waals surface area contributed by atoms with Gasteiger partial charge in [0.15, 0.2) is 0 Å². The highest BCUT2D eigenvalue weighted by Gasteiger charge is 2.30. The van der Waals surface area contributed by atoms with Crippen molar-refractivity contribution in [2.24, 2.45) is 0 Å². The second kappa shape index (κ2) is 7.00. The fourth-order valence-corrected chi connectivity index (χ4v) is 3.85. The van der Waals surface area contributed by atoms with Crippen LogP contribution in [0.3, 0.4) is 0 Å². The van der Waals surface area contributed by atoms with Crippen molar-refractivity contribution in [1.82, 2.24) is 9.47 Å². The summed E-state index contributed by atoms with van der Waals surface area (Å²) in [6.07, 6.45) is 2.93. The summed E-state index contributed by atoms with van der Waals surface area (Å²) in [4.78, 5) is 15.0. The lowest BCUT2D eigenvalue weighted by atomic mass is 10.1. The first-order valence-electron chi connectivity index (χ1n) is 8.76. The van der Waals surface area contributed by atoms with Gasteiger partial charge < -0.3 is 14.8 Å². The van der Waals surface area contributed by atoms with Gasteiger partial charge in [0.1, 0.15) is 0 Å². The molecule has 26 heavy (non-hydrogen) atoms. The number of para-hydroxylation sites is 1. The highest BCUT2D eigenvalue weighted by atomic mass is 79.9. The molecule has 2 heterocycles. The number of fused-ring (bicyclic) bond motifs is 3. The van der Waals surface area contributed by atoms with E-state index in [1.54, 1.807) is 0 Å². The molecule has 132 valence electrons. The van der Waals surface area contributed by atoms with E-state index >= 15 is 0 Å². The van der Waals surface area contributed by atoms with E-state index < -0.39 is 0 Å². The van der Waals surface area contributed by atoms with Crippen molar-refractivity contribution >= 4 is 27.6 Å². The molecular formula is C21H20BrN3O. The minimum atomic E-state index is -0.0800. The summed E-state index contributed by atoms with van der Waals surface area (Å²) < 4.78 is 3.19. The maximum absolute atomic E-state index is 13.1. The predicted molar refractivity (Wildman–Crippen MR) is 108 cm³/mol. The van der Waals surface area contributed by atoms with Gasteiger partial charge in [0.2, 0.25) is 0 Å². The second-order valence-electron chi connectivity index (χ2n) is 6.42. The topological polar surface area (TPSA) is 37.3 Å². The Morgan fingerprint density at radius 2 is 1.88 bits per heavy atom. The van der Waals surface area contributed by atoms with Gasteiger partial charge in [0.25, 0.3) is 0 Å². The van der Waals surface area contributed by atoms with Crippen LogP contribution < -0.4 is 5.32 Å². The third-order valence-corrected chi connectivity index (χ3v) is 5.36. The van der Waals surface area contributed by atoms with Crippen molar-refractivity contribution in [2.45, 2.75) is 25.9 Å². The normalized spacial score (nSPS) is 15.8. The molecule has 1 aliphatic heterocycles. The van der Waals surface area contributed by atoms with E-state index in [-0.39, 0.29) is 12.1 Å². The highest BCUT2D eigenvalue weighted by Crippen LogP contribution is 2.34. The van der Waals surface area contributed by atoms with E-state index in [1.807, 2.05) is 47.4 Å². The van der Waals surface area contributed by atoms with Crippen molar-refractivity contribution in [1.29, 1.82) is 0 Å². The fraction of sp³-hybridized carbons (Fsp3) is 0.190.